The maximum Gasteiger partial charge on any atom is 0.410 e. The Hall–Kier alpha value is -2.08. The van der Waals surface area contributed by atoms with Crippen molar-refractivity contribution in [1.29, 1.82) is 0 Å². The molecule has 1 saturated heterocycles. The quantitative estimate of drug-likeness (QED) is 0.896. The van der Waals surface area contributed by atoms with E-state index in [1.165, 1.54) is 0 Å². The molecule has 3 rings (SSSR count). The van der Waals surface area contributed by atoms with Crippen LogP contribution in [0.5, 0.6) is 0 Å². The standard InChI is InChI=1S/C17H21ClN4O2/c1-17(2,3)24-16(23)22-9-8-11(10-22)19-15-13-7-5-4-6-12(13)14(18)20-21-15/h4-7,11H,8-10H2,1-3H3,(H,19,21)/t11-/m0/s1. The molecular weight excluding hydrogens is 328 g/mol. The number of carbonyl (C=O) groups is 1. The monoisotopic (exact) mass is 348 g/mol. The van der Waals surface area contributed by atoms with E-state index in [1.807, 2.05) is 45.0 Å². The van der Waals surface area contributed by atoms with Gasteiger partial charge in [0.2, 0.25) is 0 Å². The molecule has 6 nitrogen and oxygen atoms in total. The third-order valence-electron chi connectivity index (χ3n) is 3.82. The number of nitrogens with one attached hydrogen (secondary N) is 1. The first-order valence-corrected chi connectivity index (χ1v) is 8.37. The molecule has 7 heteroatoms. The van der Waals surface area contributed by atoms with Crippen molar-refractivity contribution in [3.8, 4) is 0 Å². The molecule has 1 aromatic carbocycles. The van der Waals surface area contributed by atoms with Gasteiger partial charge < -0.3 is 15.0 Å². The lowest BCUT2D eigenvalue weighted by molar-refractivity contribution is 0.0293. The van der Waals surface area contributed by atoms with Crippen molar-refractivity contribution in [1.82, 2.24) is 15.1 Å². The first-order chi connectivity index (χ1) is 11.3. The van der Waals surface area contributed by atoms with E-state index in [0.717, 1.165) is 17.2 Å². The lowest BCUT2D eigenvalue weighted by atomic mass is 10.2. The van der Waals surface area contributed by atoms with Gasteiger partial charge in [0.05, 0.1) is 0 Å². The number of hydrogen-bond donors (Lipinski definition) is 1. The average Bonchev–Trinajstić information content (AvgIpc) is 2.98. The molecule has 0 bridgehead atoms. The Morgan fingerprint density at radius 1 is 1.29 bits per heavy atom. The van der Waals surface area contributed by atoms with Gasteiger partial charge in [0.25, 0.3) is 0 Å². The van der Waals surface area contributed by atoms with Gasteiger partial charge in [-0.15, -0.1) is 10.2 Å². The van der Waals surface area contributed by atoms with E-state index in [0.29, 0.717) is 24.1 Å². The Kier molecular flexibility index (Phi) is 4.49. The maximum atomic E-state index is 12.1. The topological polar surface area (TPSA) is 67.3 Å². The second kappa shape index (κ2) is 6.43. The molecule has 24 heavy (non-hydrogen) atoms. The molecule has 2 heterocycles. The van der Waals surface area contributed by atoms with Gasteiger partial charge in [0.15, 0.2) is 11.0 Å². The van der Waals surface area contributed by atoms with Gasteiger partial charge in [0, 0.05) is 29.9 Å². The molecule has 1 amide bonds. The Morgan fingerprint density at radius 2 is 2.00 bits per heavy atom. The summed E-state index contributed by atoms with van der Waals surface area (Å²) in [5.41, 5.74) is -0.486. The number of ether oxygens (including phenoxy) is 1. The molecule has 1 aliphatic rings. The van der Waals surface area contributed by atoms with Crippen molar-refractivity contribution in [3.05, 3.63) is 29.4 Å². The Morgan fingerprint density at radius 3 is 2.71 bits per heavy atom. The van der Waals surface area contributed by atoms with Crippen LogP contribution in [0.3, 0.4) is 0 Å². The Balaban J connectivity index is 1.70. The summed E-state index contributed by atoms with van der Waals surface area (Å²) >= 11 is 6.10. The van der Waals surface area contributed by atoms with Crippen LogP contribution in [0.25, 0.3) is 10.8 Å². The van der Waals surface area contributed by atoms with E-state index < -0.39 is 5.60 Å². The summed E-state index contributed by atoms with van der Waals surface area (Å²) in [6, 6.07) is 7.83. The van der Waals surface area contributed by atoms with Crippen molar-refractivity contribution in [2.45, 2.75) is 38.8 Å². The minimum atomic E-state index is -0.486. The summed E-state index contributed by atoms with van der Waals surface area (Å²) in [6.45, 7) is 6.84. The van der Waals surface area contributed by atoms with E-state index >= 15 is 0 Å². The third kappa shape index (κ3) is 3.70. The molecule has 1 aliphatic heterocycles. The van der Waals surface area contributed by atoms with Crippen LogP contribution in [0.2, 0.25) is 5.15 Å². The summed E-state index contributed by atoms with van der Waals surface area (Å²) < 4.78 is 5.42. The second-order valence-corrected chi connectivity index (χ2v) is 7.30. The van der Waals surface area contributed by atoms with Crippen LogP contribution >= 0.6 is 11.6 Å². The van der Waals surface area contributed by atoms with Gasteiger partial charge in [-0.05, 0) is 27.2 Å². The molecule has 1 N–H and O–H groups in total. The van der Waals surface area contributed by atoms with Crippen LogP contribution < -0.4 is 5.32 Å². The summed E-state index contributed by atoms with van der Waals surface area (Å²) in [5.74, 6) is 0.686. The highest BCUT2D eigenvalue weighted by atomic mass is 35.5. The lowest BCUT2D eigenvalue weighted by Crippen LogP contribution is -2.36. The number of aromatic nitrogens is 2. The predicted octanol–water partition coefficient (Wildman–Crippen LogP) is 3.70. The van der Waals surface area contributed by atoms with Crippen LogP contribution in [0.1, 0.15) is 27.2 Å². The van der Waals surface area contributed by atoms with E-state index in [4.69, 9.17) is 16.3 Å². The Bertz CT molecular complexity index is 760. The Labute approximate surface area is 146 Å². The normalized spacial score (nSPS) is 18.0. The van der Waals surface area contributed by atoms with Crippen LogP contribution in [0, 0.1) is 0 Å². The molecule has 0 spiro atoms. The van der Waals surface area contributed by atoms with Crippen LogP contribution in [-0.2, 0) is 4.74 Å². The second-order valence-electron chi connectivity index (χ2n) is 6.94. The number of amides is 1. The van der Waals surface area contributed by atoms with Gasteiger partial charge in [-0.1, -0.05) is 35.9 Å². The first kappa shape index (κ1) is 16.8. The number of rotatable bonds is 2. The molecular formula is C17H21ClN4O2. The fraction of sp³-hybridized carbons (Fsp3) is 0.471. The minimum absolute atomic E-state index is 0.108. The lowest BCUT2D eigenvalue weighted by Gasteiger charge is -2.24. The zero-order valence-corrected chi connectivity index (χ0v) is 14.8. The molecule has 0 saturated carbocycles. The molecule has 128 valence electrons. The average molecular weight is 349 g/mol. The number of fused-ring (bicyclic) bond motifs is 1. The minimum Gasteiger partial charge on any atom is -0.444 e. The van der Waals surface area contributed by atoms with Crippen LogP contribution in [-0.4, -0.2) is 45.9 Å². The van der Waals surface area contributed by atoms with Crippen molar-refractivity contribution in [2.75, 3.05) is 18.4 Å². The molecule has 1 aromatic heterocycles. The summed E-state index contributed by atoms with van der Waals surface area (Å²) in [7, 11) is 0. The van der Waals surface area contributed by atoms with Crippen LogP contribution in [0.4, 0.5) is 10.6 Å². The zero-order chi connectivity index (χ0) is 17.3. The molecule has 1 atom stereocenters. The zero-order valence-electron chi connectivity index (χ0n) is 14.0. The first-order valence-electron chi connectivity index (χ1n) is 7.99. The van der Waals surface area contributed by atoms with E-state index in [1.54, 1.807) is 4.90 Å². The molecule has 2 aromatic rings. The van der Waals surface area contributed by atoms with Crippen molar-refractivity contribution >= 4 is 34.3 Å². The largest absolute Gasteiger partial charge is 0.444 e. The highest BCUT2D eigenvalue weighted by Crippen LogP contribution is 2.27. The molecule has 1 fully saturated rings. The SMILES string of the molecule is CC(C)(C)OC(=O)N1CC[C@H](Nc2nnc(Cl)c3ccccc23)C1. The fourth-order valence-corrected chi connectivity index (χ4v) is 2.94. The number of likely N-dealkylation sites (tertiary alicyclic amines) is 1. The van der Waals surface area contributed by atoms with Gasteiger partial charge in [-0.25, -0.2) is 4.79 Å². The number of benzene rings is 1. The fourth-order valence-electron chi connectivity index (χ4n) is 2.74. The molecule has 0 radical (unpaired) electrons. The van der Waals surface area contributed by atoms with Gasteiger partial charge >= 0.3 is 6.09 Å². The van der Waals surface area contributed by atoms with Gasteiger partial charge in [-0.3, -0.25) is 0 Å². The van der Waals surface area contributed by atoms with Gasteiger partial charge in [-0.2, -0.15) is 0 Å². The number of anilines is 1. The number of hydrogen-bond acceptors (Lipinski definition) is 5. The number of carbonyl (C=O) groups excluding carboxylic acids is 1. The smallest absolute Gasteiger partial charge is 0.410 e. The summed E-state index contributed by atoms with van der Waals surface area (Å²) in [6.07, 6.45) is 0.552. The third-order valence-corrected chi connectivity index (χ3v) is 4.10. The molecule has 0 unspecified atom stereocenters. The number of nitrogens with zero attached hydrogens (tertiary/aromatic N) is 3. The van der Waals surface area contributed by atoms with Crippen molar-refractivity contribution < 1.29 is 9.53 Å². The van der Waals surface area contributed by atoms with Gasteiger partial charge in [0.1, 0.15) is 5.60 Å². The van der Waals surface area contributed by atoms with E-state index in [2.05, 4.69) is 15.5 Å². The highest BCUT2D eigenvalue weighted by molar-refractivity contribution is 6.34. The van der Waals surface area contributed by atoms with E-state index in [9.17, 15) is 4.79 Å². The maximum absolute atomic E-state index is 12.1. The highest BCUT2D eigenvalue weighted by Gasteiger charge is 2.30. The predicted molar refractivity (Wildman–Crippen MR) is 94.4 cm³/mol. The summed E-state index contributed by atoms with van der Waals surface area (Å²) in [4.78, 5) is 13.9. The van der Waals surface area contributed by atoms with E-state index in [-0.39, 0.29) is 12.1 Å². The van der Waals surface area contributed by atoms with Crippen molar-refractivity contribution in [2.24, 2.45) is 0 Å². The number of halogens is 1. The molecule has 0 aliphatic carbocycles. The summed E-state index contributed by atoms with van der Waals surface area (Å²) in [5, 5.41) is 13.7. The van der Waals surface area contributed by atoms with Crippen LogP contribution in [0.15, 0.2) is 24.3 Å². The van der Waals surface area contributed by atoms with Crippen molar-refractivity contribution in [3.63, 3.8) is 0 Å².